The Hall–Kier alpha value is -1.71. The quantitative estimate of drug-likeness (QED) is 0.900. The van der Waals surface area contributed by atoms with E-state index in [-0.39, 0.29) is 17.5 Å². The van der Waals surface area contributed by atoms with Crippen molar-refractivity contribution in [2.75, 3.05) is 17.3 Å². The van der Waals surface area contributed by atoms with E-state index in [0.29, 0.717) is 0 Å². The zero-order valence-corrected chi connectivity index (χ0v) is 12.4. The van der Waals surface area contributed by atoms with E-state index >= 15 is 0 Å². The molecular weight excluding hydrogens is 252 g/mol. The second-order valence-electron chi connectivity index (χ2n) is 6.04. The predicted octanol–water partition coefficient (Wildman–Crippen LogP) is 3.17. The van der Waals surface area contributed by atoms with E-state index < -0.39 is 0 Å². The van der Waals surface area contributed by atoms with Gasteiger partial charge in [0.05, 0.1) is 18.5 Å². The lowest BCUT2D eigenvalue weighted by Crippen LogP contribution is -2.60. The Labute approximate surface area is 120 Å². The van der Waals surface area contributed by atoms with Gasteiger partial charge >= 0.3 is 0 Å². The highest BCUT2D eigenvalue weighted by molar-refractivity contribution is 6.07. The lowest BCUT2D eigenvalue weighted by molar-refractivity contribution is -0.121. The maximum Gasteiger partial charge on any atom is 0.250 e. The molecule has 1 aliphatic carbocycles. The number of hydrogen-bond donors (Lipinski definition) is 1. The Bertz CT molecular complexity index is 533. The van der Waals surface area contributed by atoms with Crippen molar-refractivity contribution >= 4 is 17.3 Å². The molecule has 1 fully saturated rings. The SMILES string of the molecule is COc1ccc2c(c1)N(C(C)C)C1(CCCC1)C(=O)N2. The molecule has 1 aromatic rings. The molecule has 3 rings (SSSR count). The van der Waals surface area contributed by atoms with Crippen molar-refractivity contribution in [2.45, 2.75) is 51.1 Å². The van der Waals surface area contributed by atoms with Gasteiger partial charge in [-0.1, -0.05) is 12.8 Å². The fraction of sp³-hybridized carbons (Fsp3) is 0.562. The molecule has 0 radical (unpaired) electrons. The van der Waals surface area contributed by atoms with Gasteiger partial charge in [-0.05, 0) is 38.8 Å². The summed E-state index contributed by atoms with van der Waals surface area (Å²) in [4.78, 5) is 15.0. The Morgan fingerprint density at radius 1 is 1.30 bits per heavy atom. The van der Waals surface area contributed by atoms with E-state index in [9.17, 15) is 4.79 Å². The Balaban J connectivity index is 2.15. The molecule has 1 aliphatic heterocycles. The lowest BCUT2D eigenvalue weighted by atomic mass is 9.88. The summed E-state index contributed by atoms with van der Waals surface area (Å²) >= 11 is 0. The van der Waals surface area contributed by atoms with Gasteiger partial charge in [0.25, 0.3) is 0 Å². The minimum atomic E-state index is -0.368. The third-order valence-electron chi connectivity index (χ3n) is 4.54. The van der Waals surface area contributed by atoms with Gasteiger partial charge in [0.15, 0.2) is 0 Å². The summed E-state index contributed by atoms with van der Waals surface area (Å²) in [5.41, 5.74) is 1.61. The van der Waals surface area contributed by atoms with Crippen molar-refractivity contribution in [3.8, 4) is 5.75 Å². The van der Waals surface area contributed by atoms with Crippen LogP contribution in [0.4, 0.5) is 11.4 Å². The van der Waals surface area contributed by atoms with Crippen molar-refractivity contribution < 1.29 is 9.53 Å². The van der Waals surface area contributed by atoms with E-state index in [4.69, 9.17) is 4.74 Å². The smallest absolute Gasteiger partial charge is 0.250 e. The molecule has 20 heavy (non-hydrogen) atoms. The lowest BCUT2D eigenvalue weighted by Gasteiger charge is -2.48. The summed E-state index contributed by atoms with van der Waals surface area (Å²) in [6.45, 7) is 4.31. The topological polar surface area (TPSA) is 41.6 Å². The summed E-state index contributed by atoms with van der Waals surface area (Å²) in [6.07, 6.45) is 4.12. The standard InChI is InChI=1S/C16H22N2O2/c1-11(2)18-14-10-12(20-3)6-7-13(14)17-15(19)16(18)8-4-5-9-16/h6-7,10-11H,4-5,8-9H2,1-3H3,(H,17,19). The van der Waals surface area contributed by atoms with Crippen LogP contribution in [-0.2, 0) is 4.79 Å². The maximum atomic E-state index is 12.7. The number of carbonyl (C=O) groups excluding carboxylic acids is 1. The Morgan fingerprint density at radius 2 is 2.00 bits per heavy atom. The van der Waals surface area contributed by atoms with Crippen LogP contribution < -0.4 is 15.0 Å². The summed E-state index contributed by atoms with van der Waals surface area (Å²) < 4.78 is 5.35. The second kappa shape index (κ2) is 4.69. The number of hydrogen-bond acceptors (Lipinski definition) is 3. The third-order valence-corrected chi connectivity index (χ3v) is 4.54. The summed E-state index contributed by atoms with van der Waals surface area (Å²) in [5.74, 6) is 0.986. The first-order chi connectivity index (χ1) is 9.58. The molecule has 2 aliphatic rings. The fourth-order valence-corrected chi connectivity index (χ4v) is 3.72. The summed E-state index contributed by atoms with van der Waals surface area (Å²) in [6, 6.07) is 6.15. The van der Waals surface area contributed by atoms with Crippen LogP contribution in [0, 0.1) is 0 Å². The molecule has 0 saturated heterocycles. The average Bonchev–Trinajstić information content (AvgIpc) is 2.89. The molecule has 1 aromatic carbocycles. The highest BCUT2D eigenvalue weighted by atomic mass is 16.5. The van der Waals surface area contributed by atoms with Crippen molar-refractivity contribution in [1.29, 1.82) is 0 Å². The monoisotopic (exact) mass is 274 g/mol. The first kappa shape index (κ1) is 13.3. The molecular formula is C16H22N2O2. The highest BCUT2D eigenvalue weighted by Gasteiger charge is 2.50. The largest absolute Gasteiger partial charge is 0.497 e. The number of methoxy groups -OCH3 is 1. The minimum Gasteiger partial charge on any atom is -0.497 e. The molecule has 1 heterocycles. The number of ether oxygens (including phenoxy) is 1. The molecule has 0 atom stereocenters. The summed E-state index contributed by atoms with van der Waals surface area (Å²) in [7, 11) is 1.67. The van der Waals surface area contributed by atoms with Gasteiger partial charge in [0.1, 0.15) is 11.3 Å². The number of benzene rings is 1. The van der Waals surface area contributed by atoms with Gasteiger partial charge in [-0.15, -0.1) is 0 Å². The van der Waals surface area contributed by atoms with Crippen molar-refractivity contribution in [2.24, 2.45) is 0 Å². The zero-order chi connectivity index (χ0) is 14.3. The Morgan fingerprint density at radius 3 is 2.60 bits per heavy atom. The van der Waals surface area contributed by atoms with Crippen molar-refractivity contribution in [1.82, 2.24) is 0 Å². The molecule has 4 heteroatoms. The first-order valence-corrected chi connectivity index (χ1v) is 7.37. The number of carbonyl (C=O) groups is 1. The van der Waals surface area contributed by atoms with Crippen LogP contribution in [0.25, 0.3) is 0 Å². The fourth-order valence-electron chi connectivity index (χ4n) is 3.72. The van der Waals surface area contributed by atoms with Crippen LogP contribution in [-0.4, -0.2) is 24.6 Å². The van der Waals surface area contributed by atoms with Gasteiger partial charge in [0, 0.05) is 12.1 Å². The van der Waals surface area contributed by atoms with E-state index in [0.717, 1.165) is 42.8 Å². The van der Waals surface area contributed by atoms with E-state index in [1.165, 1.54) is 0 Å². The molecule has 1 amide bonds. The number of anilines is 2. The molecule has 4 nitrogen and oxygen atoms in total. The van der Waals surface area contributed by atoms with Crippen molar-refractivity contribution in [3.63, 3.8) is 0 Å². The summed E-state index contributed by atoms with van der Waals surface area (Å²) in [5, 5.41) is 3.09. The first-order valence-electron chi connectivity index (χ1n) is 7.37. The molecule has 108 valence electrons. The number of nitrogens with one attached hydrogen (secondary N) is 1. The molecule has 1 spiro atoms. The third kappa shape index (κ3) is 1.78. The molecule has 0 aromatic heterocycles. The predicted molar refractivity (Wildman–Crippen MR) is 80.4 cm³/mol. The van der Waals surface area contributed by atoms with Crippen LogP contribution in [0.3, 0.4) is 0 Å². The van der Waals surface area contributed by atoms with Crippen LogP contribution >= 0.6 is 0 Å². The van der Waals surface area contributed by atoms with Crippen LogP contribution in [0.2, 0.25) is 0 Å². The minimum absolute atomic E-state index is 0.154. The van der Waals surface area contributed by atoms with Gasteiger partial charge in [-0.25, -0.2) is 0 Å². The Kier molecular flexibility index (Phi) is 3.11. The maximum absolute atomic E-state index is 12.7. The van der Waals surface area contributed by atoms with E-state index in [1.807, 2.05) is 18.2 Å². The molecule has 1 N–H and O–H groups in total. The van der Waals surface area contributed by atoms with E-state index in [2.05, 4.69) is 24.1 Å². The normalized spacial score (nSPS) is 20.2. The average molecular weight is 274 g/mol. The second-order valence-corrected chi connectivity index (χ2v) is 6.04. The van der Waals surface area contributed by atoms with Crippen molar-refractivity contribution in [3.05, 3.63) is 18.2 Å². The zero-order valence-electron chi connectivity index (χ0n) is 12.4. The highest BCUT2D eigenvalue weighted by Crippen LogP contribution is 2.47. The van der Waals surface area contributed by atoms with Crippen LogP contribution in [0.15, 0.2) is 18.2 Å². The number of fused-ring (bicyclic) bond motifs is 1. The number of rotatable bonds is 2. The van der Waals surface area contributed by atoms with Crippen LogP contribution in [0.5, 0.6) is 5.75 Å². The number of nitrogens with zero attached hydrogens (tertiary/aromatic N) is 1. The molecule has 1 saturated carbocycles. The van der Waals surface area contributed by atoms with Crippen LogP contribution in [0.1, 0.15) is 39.5 Å². The van der Waals surface area contributed by atoms with Gasteiger partial charge < -0.3 is 15.0 Å². The molecule has 0 unspecified atom stereocenters. The van der Waals surface area contributed by atoms with Gasteiger partial charge in [-0.2, -0.15) is 0 Å². The van der Waals surface area contributed by atoms with E-state index in [1.54, 1.807) is 7.11 Å². The molecule has 0 bridgehead atoms. The van der Waals surface area contributed by atoms with Gasteiger partial charge in [0.2, 0.25) is 5.91 Å². The van der Waals surface area contributed by atoms with Gasteiger partial charge in [-0.3, -0.25) is 4.79 Å². The number of amides is 1.